The fourth-order valence-electron chi connectivity index (χ4n) is 2.13. The van der Waals surface area contributed by atoms with Gasteiger partial charge >= 0.3 is 17.6 Å². The first-order valence-corrected chi connectivity index (χ1v) is 8.73. The van der Waals surface area contributed by atoms with Gasteiger partial charge in [0.1, 0.15) is 12.4 Å². The minimum absolute atomic E-state index is 0.0606. The molecule has 0 aliphatic rings. The van der Waals surface area contributed by atoms with Gasteiger partial charge in [0.25, 0.3) is 0 Å². The van der Waals surface area contributed by atoms with E-state index in [1.807, 2.05) is 0 Å². The van der Waals surface area contributed by atoms with Crippen molar-refractivity contribution in [1.29, 1.82) is 0 Å². The molecule has 1 rings (SSSR count). The molecule has 0 fully saturated rings. The highest BCUT2D eigenvalue weighted by molar-refractivity contribution is 6.18. The van der Waals surface area contributed by atoms with Crippen LogP contribution in [0.4, 0.5) is 10.2 Å². The number of nitrogen functional groups attached to an aromatic ring is 1. The van der Waals surface area contributed by atoms with Gasteiger partial charge in [-0.3, -0.25) is 14.2 Å². The van der Waals surface area contributed by atoms with E-state index in [4.69, 9.17) is 31.5 Å². The topological polar surface area (TPSA) is 123 Å². The van der Waals surface area contributed by atoms with Crippen LogP contribution in [0.2, 0.25) is 0 Å². The van der Waals surface area contributed by atoms with Crippen LogP contribution in [0.3, 0.4) is 0 Å². The van der Waals surface area contributed by atoms with Crippen molar-refractivity contribution in [3.8, 4) is 0 Å². The molecule has 0 radical (unpaired) electrons. The molecule has 27 heavy (non-hydrogen) atoms. The van der Waals surface area contributed by atoms with Gasteiger partial charge in [-0.1, -0.05) is 13.8 Å². The molecule has 1 heterocycles. The van der Waals surface area contributed by atoms with E-state index in [1.54, 1.807) is 6.92 Å². The number of hydrogen-bond acceptors (Lipinski definition) is 8. The highest BCUT2D eigenvalue weighted by Gasteiger charge is 2.48. The SMILES string of the molecule is CCC(=O)OC[C@@](CCl)(OC)[C@@H](OC(=O)CC)[C@@H](F)n1ccc(N)nc1=O. The Hall–Kier alpha value is -2.20. The Balaban J connectivity index is 3.35. The molecule has 0 amide bonds. The van der Waals surface area contributed by atoms with Crippen molar-refractivity contribution in [3.05, 3.63) is 22.7 Å². The van der Waals surface area contributed by atoms with E-state index in [0.717, 1.165) is 6.20 Å². The maximum absolute atomic E-state index is 15.3. The normalized spacial score (nSPS) is 15.4. The fourth-order valence-corrected chi connectivity index (χ4v) is 2.47. The number of hydrogen-bond donors (Lipinski definition) is 1. The molecular weight excluding hydrogens is 385 g/mol. The van der Waals surface area contributed by atoms with Crippen LogP contribution in [0, 0.1) is 0 Å². The Morgan fingerprint density at radius 2 is 2.00 bits per heavy atom. The van der Waals surface area contributed by atoms with Crippen molar-refractivity contribution in [2.45, 2.75) is 44.7 Å². The zero-order valence-corrected chi connectivity index (χ0v) is 16.1. The molecule has 9 nitrogen and oxygen atoms in total. The average Bonchev–Trinajstić information content (AvgIpc) is 2.66. The molecule has 152 valence electrons. The summed E-state index contributed by atoms with van der Waals surface area (Å²) < 4.78 is 31.4. The van der Waals surface area contributed by atoms with Gasteiger partial charge in [0.05, 0.1) is 5.88 Å². The monoisotopic (exact) mass is 407 g/mol. The Kier molecular flexibility index (Phi) is 8.64. The summed E-state index contributed by atoms with van der Waals surface area (Å²) in [6.45, 7) is 2.60. The lowest BCUT2D eigenvalue weighted by Gasteiger charge is -2.38. The third-order valence-electron chi connectivity index (χ3n) is 3.83. The van der Waals surface area contributed by atoms with Gasteiger partial charge in [-0.25, -0.2) is 9.18 Å². The highest BCUT2D eigenvalue weighted by Crippen LogP contribution is 2.31. The summed E-state index contributed by atoms with van der Waals surface area (Å²) in [5.74, 6) is -1.83. The summed E-state index contributed by atoms with van der Waals surface area (Å²) in [6.07, 6.45) is -2.84. The molecule has 0 unspecified atom stereocenters. The largest absolute Gasteiger partial charge is 0.462 e. The Bertz CT molecular complexity index is 710. The third kappa shape index (κ3) is 5.64. The predicted octanol–water partition coefficient (Wildman–Crippen LogP) is 1.19. The Labute approximate surface area is 160 Å². The van der Waals surface area contributed by atoms with Crippen LogP contribution in [0.1, 0.15) is 33.0 Å². The van der Waals surface area contributed by atoms with E-state index in [2.05, 4.69) is 4.98 Å². The lowest BCUT2D eigenvalue weighted by atomic mass is 9.98. The first-order chi connectivity index (χ1) is 12.7. The van der Waals surface area contributed by atoms with Crippen molar-refractivity contribution in [2.24, 2.45) is 0 Å². The number of carbonyl (C=O) groups is 2. The van der Waals surface area contributed by atoms with Crippen LogP contribution in [0.5, 0.6) is 0 Å². The number of esters is 2. The van der Waals surface area contributed by atoms with E-state index >= 15 is 4.39 Å². The van der Waals surface area contributed by atoms with Crippen LogP contribution in [0.15, 0.2) is 17.1 Å². The summed E-state index contributed by atoms with van der Waals surface area (Å²) in [7, 11) is 1.20. The molecule has 0 aliphatic heterocycles. The molecule has 0 aliphatic carbocycles. The zero-order chi connectivity index (χ0) is 20.6. The minimum atomic E-state index is -2.22. The molecular formula is C16H23ClFN3O6. The van der Waals surface area contributed by atoms with Crippen LogP contribution >= 0.6 is 11.6 Å². The number of rotatable bonds is 10. The second-order valence-corrected chi connectivity index (χ2v) is 5.86. The summed E-state index contributed by atoms with van der Waals surface area (Å²) in [5.41, 5.74) is 2.67. The summed E-state index contributed by atoms with van der Waals surface area (Å²) in [4.78, 5) is 38.8. The molecule has 0 bridgehead atoms. The van der Waals surface area contributed by atoms with E-state index in [9.17, 15) is 14.4 Å². The van der Waals surface area contributed by atoms with Crippen LogP contribution < -0.4 is 11.4 Å². The van der Waals surface area contributed by atoms with Crippen molar-refractivity contribution in [2.75, 3.05) is 25.3 Å². The second-order valence-electron chi connectivity index (χ2n) is 5.60. The van der Waals surface area contributed by atoms with Gasteiger partial charge in [0.2, 0.25) is 6.30 Å². The molecule has 0 spiro atoms. The number of anilines is 1. The standard InChI is InChI=1S/C16H23ClFN3O6/c1-4-11(22)26-9-16(8-17,25-3)13(27-12(23)5-2)14(18)21-7-6-10(19)20-15(21)24/h6-7,13-14H,4-5,8-9H2,1-3H3,(H2,19,20,24)/t13-,14-,16+/m0/s1. The fraction of sp³-hybridized carbons (Fsp3) is 0.625. The maximum atomic E-state index is 15.3. The second kappa shape index (κ2) is 10.2. The maximum Gasteiger partial charge on any atom is 0.351 e. The van der Waals surface area contributed by atoms with E-state index in [0.29, 0.717) is 4.57 Å². The van der Waals surface area contributed by atoms with E-state index in [-0.39, 0.29) is 24.5 Å². The first kappa shape index (κ1) is 22.8. The minimum Gasteiger partial charge on any atom is -0.462 e. The number of alkyl halides is 2. The molecule has 1 aromatic rings. The smallest absolute Gasteiger partial charge is 0.351 e. The molecule has 3 atom stereocenters. The molecule has 11 heteroatoms. The number of halogens is 2. The summed E-state index contributed by atoms with van der Waals surface area (Å²) in [6, 6.07) is 1.21. The summed E-state index contributed by atoms with van der Waals surface area (Å²) >= 11 is 5.97. The number of ether oxygens (including phenoxy) is 3. The van der Waals surface area contributed by atoms with Gasteiger partial charge < -0.3 is 19.9 Å². The van der Waals surface area contributed by atoms with Crippen LogP contribution in [-0.4, -0.2) is 52.8 Å². The molecule has 0 saturated carbocycles. The summed E-state index contributed by atoms with van der Waals surface area (Å²) in [5, 5.41) is 0. The van der Waals surface area contributed by atoms with Crippen molar-refractivity contribution < 1.29 is 28.2 Å². The molecule has 0 aromatic carbocycles. The molecule has 1 aromatic heterocycles. The Morgan fingerprint density at radius 3 is 2.48 bits per heavy atom. The number of nitrogens with zero attached hydrogens (tertiary/aromatic N) is 2. The van der Waals surface area contributed by atoms with Crippen LogP contribution in [-0.2, 0) is 23.8 Å². The molecule has 0 saturated heterocycles. The third-order valence-corrected chi connectivity index (χ3v) is 4.28. The predicted molar refractivity (Wildman–Crippen MR) is 94.9 cm³/mol. The van der Waals surface area contributed by atoms with Crippen molar-refractivity contribution in [1.82, 2.24) is 9.55 Å². The molecule has 2 N–H and O–H groups in total. The number of methoxy groups -OCH3 is 1. The lowest BCUT2D eigenvalue weighted by molar-refractivity contribution is -0.196. The van der Waals surface area contributed by atoms with Crippen molar-refractivity contribution >= 4 is 29.4 Å². The van der Waals surface area contributed by atoms with Gasteiger partial charge in [-0.15, -0.1) is 11.6 Å². The van der Waals surface area contributed by atoms with E-state index in [1.165, 1.54) is 20.1 Å². The van der Waals surface area contributed by atoms with Gasteiger partial charge in [-0.05, 0) is 6.07 Å². The van der Waals surface area contributed by atoms with E-state index < -0.39 is 42.2 Å². The van der Waals surface area contributed by atoms with Gasteiger partial charge in [0.15, 0.2) is 11.7 Å². The zero-order valence-electron chi connectivity index (χ0n) is 15.3. The quantitative estimate of drug-likeness (QED) is 0.453. The number of nitrogens with two attached hydrogens (primary N) is 1. The number of carbonyl (C=O) groups excluding carboxylic acids is 2. The Morgan fingerprint density at radius 1 is 1.37 bits per heavy atom. The highest BCUT2D eigenvalue weighted by atomic mass is 35.5. The average molecular weight is 408 g/mol. The van der Waals surface area contributed by atoms with Gasteiger partial charge in [-0.2, -0.15) is 4.98 Å². The first-order valence-electron chi connectivity index (χ1n) is 8.19. The van der Waals surface area contributed by atoms with Crippen LogP contribution in [0.25, 0.3) is 0 Å². The van der Waals surface area contributed by atoms with Gasteiger partial charge in [0, 0.05) is 26.1 Å². The number of aromatic nitrogens is 2. The van der Waals surface area contributed by atoms with Crippen molar-refractivity contribution in [3.63, 3.8) is 0 Å². The lowest BCUT2D eigenvalue weighted by Crippen LogP contribution is -2.56.